The largest absolute Gasteiger partial charge is 0.508 e. The molecule has 1 spiro atoms. The van der Waals surface area contributed by atoms with Crippen molar-refractivity contribution in [3.63, 3.8) is 0 Å². The third-order valence-corrected chi connectivity index (χ3v) is 10.5. The fourth-order valence-corrected chi connectivity index (χ4v) is 7.96. The molecule has 4 saturated heterocycles. The zero-order valence-corrected chi connectivity index (χ0v) is 29.4. The predicted octanol–water partition coefficient (Wildman–Crippen LogP) is 4.04. The number of carbonyl (C=O) groups is 4. The summed E-state index contributed by atoms with van der Waals surface area (Å²) in [4.78, 5) is 64.3. The van der Waals surface area contributed by atoms with Crippen molar-refractivity contribution in [1.29, 1.82) is 0 Å². The Balaban J connectivity index is 1.18. The van der Waals surface area contributed by atoms with Crippen molar-refractivity contribution in [2.45, 2.75) is 129 Å². The predicted molar refractivity (Wildman–Crippen MR) is 174 cm³/mol. The SMILES string of the molecule is CCOC(=O)[C@@H](Cc1ccc(O)cc1)NC(=O)[C@@H](CC(C)C)NC(=O)CCC(=O)O[C@H]1O[C@H]2O[C@@]3(C)CC[C@H]4[C@H](C)CC[C@@H]([C@H]1C)[C@]24OO3. The molecule has 0 aromatic heterocycles. The van der Waals surface area contributed by atoms with Gasteiger partial charge in [0.25, 0.3) is 0 Å². The Hall–Kier alpha value is -3.26. The maximum atomic E-state index is 13.4. The zero-order chi connectivity index (χ0) is 35.5. The maximum Gasteiger partial charge on any atom is 0.328 e. The number of amides is 2. The number of nitrogens with one attached hydrogen (secondary N) is 2. The third-order valence-electron chi connectivity index (χ3n) is 10.5. The van der Waals surface area contributed by atoms with Gasteiger partial charge in [0.1, 0.15) is 17.8 Å². The number of carbonyl (C=O) groups excluding carboxylic acids is 4. The van der Waals surface area contributed by atoms with Gasteiger partial charge in [0.05, 0.1) is 13.0 Å². The standard InChI is InChI=1S/C36H52N2O11/c1-7-44-32(43)28(19-23-9-11-24(39)12-10-23)38-31(42)27(18-20(2)3)37-29(40)14-15-30(41)45-33-22(5)26-13-8-21(4)25-16-17-35(6)47-34(46-33)36(25,26)49-48-35/h9-12,20-22,25-28,33-34,39H,7-8,13-19H2,1-6H3,(H,37,40)(H,38,42)/t21-,22-,25+,26+,27-,28-,33+,34+,35-,36+/m1/s1. The van der Waals surface area contributed by atoms with Crippen LogP contribution in [-0.4, -0.2) is 71.5 Å². The van der Waals surface area contributed by atoms with Crippen molar-refractivity contribution in [2.24, 2.45) is 29.6 Å². The van der Waals surface area contributed by atoms with Gasteiger partial charge in [0, 0.05) is 31.1 Å². The lowest BCUT2D eigenvalue weighted by atomic mass is 9.58. The van der Waals surface area contributed by atoms with Gasteiger partial charge in [-0.25, -0.2) is 14.6 Å². The minimum Gasteiger partial charge on any atom is -0.508 e. The number of benzene rings is 1. The molecule has 13 nitrogen and oxygen atoms in total. The monoisotopic (exact) mass is 688 g/mol. The summed E-state index contributed by atoms with van der Waals surface area (Å²) in [5.74, 6) is -2.74. The van der Waals surface area contributed by atoms with Crippen LogP contribution in [0.25, 0.3) is 0 Å². The fraction of sp³-hybridized carbons (Fsp3) is 0.722. The second kappa shape index (κ2) is 15.3. The molecule has 49 heavy (non-hydrogen) atoms. The number of phenols is 1. The highest BCUT2D eigenvalue weighted by Crippen LogP contribution is 2.60. The number of rotatable bonds is 13. The second-order valence-corrected chi connectivity index (χ2v) is 14.7. The van der Waals surface area contributed by atoms with Gasteiger partial charge >= 0.3 is 11.9 Å². The molecule has 1 aromatic rings. The summed E-state index contributed by atoms with van der Waals surface area (Å²) in [6, 6.07) is 4.33. The van der Waals surface area contributed by atoms with E-state index in [1.165, 1.54) is 12.1 Å². The van der Waals surface area contributed by atoms with E-state index in [0.717, 1.165) is 19.3 Å². The van der Waals surface area contributed by atoms with Crippen LogP contribution in [0, 0.1) is 29.6 Å². The van der Waals surface area contributed by atoms with E-state index in [2.05, 4.69) is 17.6 Å². The number of phenolic OH excluding ortho intramolecular Hbond substituents is 1. The molecule has 1 saturated carbocycles. The molecule has 5 fully saturated rings. The molecule has 4 heterocycles. The Bertz CT molecular complexity index is 1350. The first kappa shape index (κ1) is 37.0. The van der Waals surface area contributed by atoms with E-state index in [9.17, 15) is 24.3 Å². The van der Waals surface area contributed by atoms with E-state index in [4.69, 9.17) is 28.7 Å². The molecule has 2 bridgehead atoms. The van der Waals surface area contributed by atoms with Gasteiger partial charge < -0.3 is 34.7 Å². The Morgan fingerprint density at radius 1 is 0.980 bits per heavy atom. The molecule has 1 aliphatic carbocycles. The summed E-state index contributed by atoms with van der Waals surface area (Å²) < 4.78 is 23.7. The molecule has 0 unspecified atom stereocenters. The molecule has 2 amide bonds. The number of hydrogen-bond acceptors (Lipinski definition) is 11. The Kier molecular flexibility index (Phi) is 11.6. The van der Waals surface area contributed by atoms with Crippen molar-refractivity contribution in [2.75, 3.05) is 6.61 Å². The molecule has 272 valence electrons. The smallest absolute Gasteiger partial charge is 0.328 e. The quantitative estimate of drug-likeness (QED) is 0.202. The Labute approximate surface area is 288 Å². The first-order valence-electron chi connectivity index (χ1n) is 17.7. The molecule has 4 aliphatic heterocycles. The summed E-state index contributed by atoms with van der Waals surface area (Å²) in [7, 11) is 0. The van der Waals surface area contributed by atoms with E-state index < -0.39 is 59.8 Å². The van der Waals surface area contributed by atoms with Crippen LogP contribution in [0.2, 0.25) is 0 Å². The van der Waals surface area contributed by atoms with Gasteiger partial charge in [-0.05, 0) is 75.0 Å². The summed E-state index contributed by atoms with van der Waals surface area (Å²) in [6.45, 7) is 11.7. The maximum absolute atomic E-state index is 13.4. The zero-order valence-electron chi connectivity index (χ0n) is 29.4. The average Bonchev–Trinajstić information content (AvgIpc) is 3.28. The number of ether oxygens (including phenoxy) is 4. The van der Waals surface area contributed by atoms with Crippen LogP contribution in [0.4, 0.5) is 0 Å². The topological polar surface area (TPSA) is 168 Å². The molecule has 10 atom stereocenters. The van der Waals surface area contributed by atoms with Gasteiger partial charge in [0.15, 0.2) is 11.9 Å². The van der Waals surface area contributed by atoms with Crippen molar-refractivity contribution in [3.8, 4) is 5.75 Å². The van der Waals surface area contributed by atoms with E-state index in [-0.39, 0.29) is 55.3 Å². The van der Waals surface area contributed by atoms with Crippen LogP contribution < -0.4 is 10.6 Å². The summed E-state index contributed by atoms with van der Waals surface area (Å²) >= 11 is 0. The van der Waals surface area contributed by atoms with Crippen molar-refractivity contribution in [1.82, 2.24) is 10.6 Å². The number of hydrogen-bond donors (Lipinski definition) is 3. The molecule has 3 N–H and O–H groups in total. The first-order valence-corrected chi connectivity index (χ1v) is 17.7. The minimum atomic E-state index is -1.01. The Morgan fingerprint density at radius 2 is 1.71 bits per heavy atom. The van der Waals surface area contributed by atoms with Crippen LogP contribution >= 0.6 is 0 Å². The van der Waals surface area contributed by atoms with Crippen molar-refractivity contribution >= 4 is 23.8 Å². The highest BCUT2D eigenvalue weighted by Gasteiger charge is 2.69. The van der Waals surface area contributed by atoms with Crippen LogP contribution in [0.5, 0.6) is 5.75 Å². The Morgan fingerprint density at radius 3 is 2.41 bits per heavy atom. The van der Waals surface area contributed by atoms with Crippen LogP contribution in [0.3, 0.4) is 0 Å². The van der Waals surface area contributed by atoms with Crippen LogP contribution in [0.1, 0.15) is 92.1 Å². The number of fused-ring (bicyclic) bond motifs is 2. The van der Waals surface area contributed by atoms with Gasteiger partial charge in [-0.15, -0.1) is 0 Å². The van der Waals surface area contributed by atoms with Crippen molar-refractivity contribution in [3.05, 3.63) is 29.8 Å². The normalized spacial score (nSPS) is 33.0. The number of esters is 2. The molecule has 6 rings (SSSR count). The molecule has 1 aromatic carbocycles. The third kappa shape index (κ3) is 8.22. The van der Waals surface area contributed by atoms with Crippen LogP contribution in [-0.2, 0) is 54.3 Å². The molecular weight excluding hydrogens is 636 g/mol. The summed E-state index contributed by atoms with van der Waals surface area (Å²) in [5, 5.41) is 15.1. The molecule has 5 aliphatic rings. The molecule has 0 radical (unpaired) electrons. The van der Waals surface area contributed by atoms with Gasteiger partial charge in [-0.3, -0.25) is 14.4 Å². The van der Waals surface area contributed by atoms with Crippen LogP contribution in [0.15, 0.2) is 24.3 Å². The van der Waals surface area contributed by atoms with E-state index in [0.29, 0.717) is 24.3 Å². The lowest BCUT2D eigenvalue weighted by Crippen LogP contribution is -2.70. The van der Waals surface area contributed by atoms with Crippen molar-refractivity contribution < 1.29 is 53.0 Å². The minimum absolute atomic E-state index is 0.0148. The van der Waals surface area contributed by atoms with E-state index >= 15 is 0 Å². The van der Waals surface area contributed by atoms with Gasteiger partial charge in [-0.1, -0.05) is 39.8 Å². The highest BCUT2D eigenvalue weighted by molar-refractivity contribution is 5.91. The summed E-state index contributed by atoms with van der Waals surface area (Å²) in [5.41, 5.74) is -0.0744. The van der Waals surface area contributed by atoms with E-state index in [1.807, 2.05) is 27.7 Å². The first-order chi connectivity index (χ1) is 23.2. The highest BCUT2D eigenvalue weighted by atomic mass is 17.3. The average molecular weight is 689 g/mol. The summed E-state index contributed by atoms with van der Waals surface area (Å²) in [6.07, 6.45) is 1.78. The van der Waals surface area contributed by atoms with Gasteiger partial charge in [-0.2, -0.15) is 0 Å². The lowest BCUT2D eigenvalue weighted by molar-refractivity contribution is -0.576. The van der Waals surface area contributed by atoms with Gasteiger partial charge in [0.2, 0.25) is 23.9 Å². The molecular formula is C36H52N2O11. The number of aromatic hydroxyl groups is 1. The lowest BCUT2D eigenvalue weighted by Gasteiger charge is -2.59. The molecule has 13 heteroatoms. The second-order valence-electron chi connectivity index (χ2n) is 14.7. The fourth-order valence-electron chi connectivity index (χ4n) is 7.96. The van der Waals surface area contributed by atoms with E-state index in [1.54, 1.807) is 19.1 Å².